The van der Waals surface area contributed by atoms with Crippen molar-refractivity contribution in [1.29, 1.82) is 0 Å². The molecule has 1 aromatic rings. The van der Waals surface area contributed by atoms with Crippen LogP contribution in [0, 0.1) is 0 Å². The molecule has 2 bridgehead atoms. The molecule has 0 amide bonds. The highest BCUT2D eigenvalue weighted by Crippen LogP contribution is 2.31. The Morgan fingerprint density at radius 3 is 2.58 bits per heavy atom. The highest BCUT2D eigenvalue weighted by molar-refractivity contribution is 7.13. The van der Waals surface area contributed by atoms with Gasteiger partial charge in [0.15, 0.2) is 10.8 Å². The first-order chi connectivity index (χ1) is 9.02. The molecule has 1 atom stereocenters. The number of thiazole rings is 1. The summed E-state index contributed by atoms with van der Waals surface area (Å²) in [5, 5.41) is 4.44. The monoisotopic (exact) mass is 292 g/mol. The molecular formula is C11H15F3N4S. The SMILES string of the molecule is FC(F)(F)c1csc(NCC2CN3CCN2CC3)n1. The summed E-state index contributed by atoms with van der Waals surface area (Å²) in [7, 11) is 0. The quantitative estimate of drug-likeness (QED) is 0.916. The van der Waals surface area contributed by atoms with Crippen LogP contribution in [0.5, 0.6) is 0 Å². The van der Waals surface area contributed by atoms with Crippen molar-refractivity contribution in [3.8, 4) is 0 Å². The van der Waals surface area contributed by atoms with Crippen molar-refractivity contribution in [2.45, 2.75) is 12.2 Å². The van der Waals surface area contributed by atoms with Gasteiger partial charge in [-0.15, -0.1) is 11.3 Å². The van der Waals surface area contributed by atoms with Gasteiger partial charge in [0, 0.05) is 50.7 Å². The Morgan fingerprint density at radius 2 is 2.05 bits per heavy atom. The normalized spacial score (nSPS) is 30.6. The minimum atomic E-state index is -4.35. The molecule has 3 aliphatic heterocycles. The number of halogens is 3. The van der Waals surface area contributed by atoms with Crippen molar-refractivity contribution in [2.75, 3.05) is 44.6 Å². The second-order valence-electron chi connectivity index (χ2n) is 4.91. The molecule has 19 heavy (non-hydrogen) atoms. The third kappa shape index (κ3) is 2.85. The van der Waals surface area contributed by atoms with Crippen LogP contribution in [0.25, 0.3) is 0 Å². The van der Waals surface area contributed by atoms with Crippen LogP contribution in [-0.4, -0.2) is 60.1 Å². The van der Waals surface area contributed by atoms with Crippen molar-refractivity contribution >= 4 is 16.5 Å². The molecule has 0 radical (unpaired) electrons. The van der Waals surface area contributed by atoms with E-state index >= 15 is 0 Å². The summed E-state index contributed by atoms with van der Waals surface area (Å²) in [6.45, 7) is 5.96. The Kier molecular flexibility index (Phi) is 3.40. The molecule has 3 fully saturated rings. The number of alkyl halides is 3. The molecule has 4 nitrogen and oxygen atoms in total. The average Bonchev–Trinajstić information content (AvgIpc) is 2.86. The van der Waals surface area contributed by atoms with E-state index in [4.69, 9.17) is 0 Å². The summed E-state index contributed by atoms with van der Waals surface area (Å²) >= 11 is 1.01. The summed E-state index contributed by atoms with van der Waals surface area (Å²) < 4.78 is 37.3. The predicted molar refractivity (Wildman–Crippen MR) is 67.4 cm³/mol. The van der Waals surface area contributed by atoms with Gasteiger partial charge < -0.3 is 5.32 Å². The van der Waals surface area contributed by atoms with Crippen molar-refractivity contribution in [2.24, 2.45) is 0 Å². The smallest absolute Gasteiger partial charge is 0.360 e. The van der Waals surface area contributed by atoms with Gasteiger partial charge in [-0.2, -0.15) is 13.2 Å². The summed E-state index contributed by atoms with van der Waals surface area (Å²) in [6, 6.07) is 0.376. The van der Waals surface area contributed by atoms with Crippen molar-refractivity contribution in [3.05, 3.63) is 11.1 Å². The first-order valence-electron chi connectivity index (χ1n) is 6.25. The van der Waals surface area contributed by atoms with Gasteiger partial charge in [-0.05, 0) is 0 Å². The third-order valence-corrected chi connectivity index (χ3v) is 4.48. The number of fused-ring (bicyclic) bond motifs is 3. The number of nitrogens with zero attached hydrogens (tertiary/aromatic N) is 3. The maximum absolute atomic E-state index is 12.4. The highest BCUT2D eigenvalue weighted by Gasteiger charge is 2.34. The second kappa shape index (κ2) is 4.92. The number of nitrogens with one attached hydrogen (secondary N) is 1. The molecule has 3 aliphatic rings. The standard InChI is InChI=1S/C11H15F3N4S/c12-11(13,14)9-7-19-10(16-9)15-5-8-6-17-1-3-18(8)4-2-17/h7-8H,1-6H2,(H,15,16). The first-order valence-corrected chi connectivity index (χ1v) is 7.13. The zero-order chi connectivity index (χ0) is 13.5. The average molecular weight is 292 g/mol. The number of hydrogen-bond donors (Lipinski definition) is 1. The summed E-state index contributed by atoms with van der Waals surface area (Å²) in [5.41, 5.74) is -0.811. The van der Waals surface area contributed by atoms with Crippen LogP contribution < -0.4 is 5.32 Å². The van der Waals surface area contributed by atoms with Gasteiger partial charge in [0.05, 0.1) is 0 Å². The van der Waals surface area contributed by atoms with Gasteiger partial charge in [-0.3, -0.25) is 9.80 Å². The van der Waals surface area contributed by atoms with Gasteiger partial charge in [-0.1, -0.05) is 0 Å². The number of piperazine rings is 3. The van der Waals surface area contributed by atoms with Crippen LogP contribution in [0.2, 0.25) is 0 Å². The van der Waals surface area contributed by atoms with E-state index < -0.39 is 11.9 Å². The van der Waals surface area contributed by atoms with E-state index in [0.717, 1.165) is 49.4 Å². The maximum atomic E-state index is 12.4. The second-order valence-corrected chi connectivity index (χ2v) is 5.77. The predicted octanol–water partition coefficient (Wildman–Crippen LogP) is 1.57. The van der Waals surface area contributed by atoms with E-state index in [0.29, 0.717) is 17.7 Å². The molecule has 3 saturated heterocycles. The van der Waals surface area contributed by atoms with Gasteiger partial charge in [0.1, 0.15) is 0 Å². The highest BCUT2D eigenvalue weighted by atomic mass is 32.1. The lowest BCUT2D eigenvalue weighted by Crippen LogP contribution is -2.62. The molecule has 8 heteroatoms. The fourth-order valence-corrected chi connectivity index (χ4v) is 3.34. The lowest BCUT2D eigenvalue weighted by Gasteiger charge is -2.47. The number of rotatable bonds is 3. The molecule has 1 N–H and O–H groups in total. The maximum Gasteiger partial charge on any atom is 0.434 e. The fourth-order valence-electron chi connectivity index (χ4n) is 2.61. The number of anilines is 1. The lowest BCUT2D eigenvalue weighted by atomic mass is 10.1. The topological polar surface area (TPSA) is 31.4 Å². The molecule has 4 rings (SSSR count). The van der Waals surface area contributed by atoms with E-state index in [1.165, 1.54) is 0 Å². The number of aromatic nitrogens is 1. The molecular weight excluding hydrogens is 277 g/mol. The largest absolute Gasteiger partial charge is 0.434 e. The lowest BCUT2D eigenvalue weighted by molar-refractivity contribution is -0.140. The molecule has 0 aromatic carbocycles. The van der Waals surface area contributed by atoms with Crippen molar-refractivity contribution in [1.82, 2.24) is 14.8 Å². The summed E-state index contributed by atoms with van der Waals surface area (Å²) in [6.07, 6.45) is -4.35. The Balaban J connectivity index is 1.56. The minimum Gasteiger partial charge on any atom is -0.360 e. The van der Waals surface area contributed by atoms with E-state index in [2.05, 4.69) is 20.1 Å². The molecule has 0 aliphatic carbocycles. The molecule has 1 unspecified atom stereocenters. The molecule has 0 spiro atoms. The zero-order valence-electron chi connectivity index (χ0n) is 10.3. The summed E-state index contributed by atoms with van der Waals surface area (Å²) in [5.74, 6) is 0. The van der Waals surface area contributed by atoms with Crippen LogP contribution in [0.3, 0.4) is 0 Å². The molecule has 4 heterocycles. The first kappa shape index (κ1) is 13.1. The molecule has 1 aromatic heterocycles. The van der Waals surface area contributed by atoms with Gasteiger partial charge in [0.2, 0.25) is 0 Å². The van der Waals surface area contributed by atoms with E-state index in [9.17, 15) is 13.2 Å². The Morgan fingerprint density at radius 1 is 1.32 bits per heavy atom. The van der Waals surface area contributed by atoms with Crippen molar-refractivity contribution in [3.63, 3.8) is 0 Å². The van der Waals surface area contributed by atoms with Crippen LogP contribution in [-0.2, 0) is 6.18 Å². The summed E-state index contributed by atoms with van der Waals surface area (Å²) in [4.78, 5) is 8.37. The number of hydrogen-bond acceptors (Lipinski definition) is 5. The van der Waals surface area contributed by atoms with Crippen LogP contribution in [0.15, 0.2) is 5.38 Å². The van der Waals surface area contributed by atoms with E-state index in [1.807, 2.05) is 0 Å². The Labute approximate surface area is 113 Å². The van der Waals surface area contributed by atoms with Crippen molar-refractivity contribution < 1.29 is 13.2 Å². The van der Waals surface area contributed by atoms with Crippen LogP contribution >= 0.6 is 11.3 Å². The fraction of sp³-hybridized carbons (Fsp3) is 0.727. The van der Waals surface area contributed by atoms with Gasteiger partial charge in [0.25, 0.3) is 0 Å². The van der Waals surface area contributed by atoms with Crippen LogP contribution in [0.1, 0.15) is 5.69 Å². The zero-order valence-corrected chi connectivity index (χ0v) is 11.1. The van der Waals surface area contributed by atoms with Crippen LogP contribution in [0.4, 0.5) is 18.3 Å². The molecule has 0 saturated carbocycles. The van der Waals surface area contributed by atoms with Gasteiger partial charge in [-0.25, -0.2) is 4.98 Å². The molecule has 106 valence electrons. The Bertz CT molecular complexity index is 439. The Hall–Kier alpha value is -0.860. The minimum absolute atomic E-state index is 0.352. The van der Waals surface area contributed by atoms with Gasteiger partial charge >= 0.3 is 6.18 Å². The van der Waals surface area contributed by atoms with E-state index in [-0.39, 0.29) is 0 Å². The van der Waals surface area contributed by atoms with E-state index in [1.54, 1.807) is 0 Å². The third-order valence-electron chi connectivity index (χ3n) is 3.68.